The topological polar surface area (TPSA) is 18.5 Å². The fourth-order valence-corrected chi connectivity index (χ4v) is 16.6. The predicted octanol–water partition coefficient (Wildman–Crippen LogP) is 6.66. The molecule has 1 saturated carbocycles. The quantitative estimate of drug-likeness (QED) is 0.404. The first-order valence-electron chi connectivity index (χ1n) is 10.0. The highest BCUT2D eigenvalue weighted by Crippen LogP contribution is 2.43. The molecule has 1 aliphatic rings. The SMILES string of the molecule is C=C[Si](C)(C)O[Si](C)(CC1CC(C)CCC1C(C)C)O[Si](C)(C)C=C. The molecule has 2 nitrogen and oxygen atoms in total. The van der Waals surface area contributed by atoms with E-state index in [1.54, 1.807) is 0 Å². The number of hydrogen-bond donors (Lipinski definition) is 0. The van der Waals surface area contributed by atoms with Crippen molar-refractivity contribution >= 4 is 25.2 Å². The Kier molecular flexibility index (Phi) is 8.15. The van der Waals surface area contributed by atoms with E-state index >= 15 is 0 Å². The predicted molar refractivity (Wildman–Crippen MR) is 119 cm³/mol. The van der Waals surface area contributed by atoms with E-state index in [0.717, 1.165) is 29.7 Å². The van der Waals surface area contributed by atoms with Gasteiger partial charge >= 0.3 is 8.56 Å². The molecule has 1 fully saturated rings. The summed E-state index contributed by atoms with van der Waals surface area (Å²) in [5.41, 5.74) is 4.10. The van der Waals surface area contributed by atoms with Crippen molar-refractivity contribution in [3.8, 4) is 0 Å². The second-order valence-corrected chi connectivity index (χ2v) is 21.3. The zero-order valence-electron chi connectivity index (χ0n) is 18.0. The Hall–Kier alpha value is 0.0506. The smallest absolute Gasteiger partial charge is 0.315 e. The van der Waals surface area contributed by atoms with Gasteiger partial charge in [-0.2, -0.15) is 0 Å². The van der Waals surface area contributed by atoms with Crippen molar-refractivity contribution in [2.45, 2.75) is 78.8 Å². The summed E-state index contributed by atoms with van der Waals surface area (Å²) in [7, 11) is -6.06. The third-order valence-electron chi connectivity index (χ3n) is 5.73. The van der Waals surface area contributed by atoms with Crippen LogP contribution < -0.4 is 0 Å². The lowest BCUT2D eigenvalue weighted by atomic mass is 9.71. The Labute approximate surface area is 160 Å². The fraction of sp³-hybridized carbons (Fsp3) is 0.800. The summed E-state index contributed by atoms with van der Waals surface area (Å²) >= 11 is 0. The molecule has 146 valence electrons. The Morgan fingerprint density at radius 2 is 1.44 bits per heavy atom. The maximum Gasteiger partial charge on any atom is 0.315 e. The lowest BCUT2D eigenvalue weighted by Gasteiger charge is -2.44. The van der Waals surface area contributed by atoms with Crippen LogP contribution in [0.2, 0.25) is 38.8 Å². The molecule has 0 radical (unpaired) electrons. The van der Waals surface area contributed by atoms with Crippen molar-refractivity contribution in [3.63, 3.8) is 0 Å². The summed E-state index contributed by atoms with van der Waals surface area (Å²) in [4.78, 5) is 0. The number of rotatable bonds is 9. The summed E-state index contributed by atoms with van der Waals surface area (Å²) < 4.78 is 13.6. The maximum atomic E-state index is 6.80. The highest BCUT2D eigenvalue weighted by atomic mass is 28.5. The standard InChI is InChI=1S/C20H42O2Si3/c1-11-23(6,7)21-25(10,22-24(8,9)12-2)16-19-15-18(5)13-14-20(19)17(3)4/h11-12,17-20H,1-2,13-16H2,3-10H3. The second-order valence-electron chi connectivity index (χ2n) is 9.74. The van der Waals surface area contributed by atoms with Gasteiger partial charge in [-0.3, -0.25) is 0 Å². The normalized spacial score (nSPS) is 25.9. The first-order chi connectivity index (χ1) is 11.3. The number of hydrogen-bond acceptors (Lipinski definition) is 2. The molecule has 0 amide bonds. The van der Waals surface area contributed by atoms with Crippen molar-refractivity contribution < 1.29 is 8.23 Å². The minimum absolute atomic E-state index is 0.727. The van der Waals surface area contributed by atoms with Crippen molar-refractivity contribution in [3.05, 3.63) is 24.6 Å². The molecular formula is C20H42O2Si3. The van der Waals surface area contributed by atoms with Crippen LogP contribution in [0.3, 0.4) is 0 Å². The molecule has 3 unspecified atom stereocenters. The van der Waals surface area contributed by atoms with Crippen molar-refractivity contribution in [1.29, 1.82) is 0 Å². The highest BCUT2D eigenvalue weighted by molar-refractivity contribution is 6.91. The van der Waals surface area contributed by atoms with Gasteiger partial charge in [-0.15, -0.1) is 13.2 Å². The monoisotopic (exact) mass is 398 g/mol. The van der Waals surface area contributed by atoms with Crippen LogP contribution in [0.1, 0.15) is 40.0 Å². The molecule has 0 aromatic rings. The molecule has 0 heterocycles. The molecular weight excluding hydrogens is 356 g/mol. The fourth-order valence-electron chi connectivity index (χ4n) is 4.41. The molecule has 0 N–H and O–H groups in total. The Balaban J connectivity index is 3.08. The van der Waals surface area contributed by atoms with E-state index in [1.165, 1.54) is 19.3 Å². The van der Waals surface area contributed by atoms with Crippen LogP contribution in [0.4, 0.5) is 0 Å². The Bertz CT molecular complexity index is 438. The van der Waals surface area contributed by atoms with Gasteiger partial charge in [0.1, 0.15) is 0 Å². The molecule has 0 bridgehead atoms. The first kappa shape index (κ1) is 23.1. The molecule has 0 aromatic carbocycles. The average Bonchev–Trinajstić information content (AvgIpc) is 2.45. The lowest BCUT2D eigenvalue weighted by molar-refractivity contribution is 0.150. The molecule has 3 atom stereocenters. The van der Waals surface area contributed by atoms with Gasteiger partial charge in [0, 0.05) is 0 Å². The minimum Gasteiger partial charge on any atom is -0.433 e. The third kappa shape index (κ3) is 7.29. The van der Waals surface area contributed by atoms with E-state index < -0.39 is 25.2 Å². The van der Waals surface area contributed by atoms with Gasteiger partial charge in [0.2, 0.25) is 0 Å². The van der Waals surface area contributed by atoms with Crippen LogP contribution >= 0.6 is 0 Å². The van der Waals surface area contributed by atoms with Crippen molar-refractivity contribution in [2.24, 2.45) is 23.7 Å². The lowest BCUT2D eigenvalue weighted by Crippen LogP contribution is -2.55. The van der Waals surface area contributed by atoms with Crippen LogP contribution in [0, 0.1) is 23.7 Å². The molecule has 0 aromatic heterocycles. The summed E-state index contributed by atoms with van der Waals surface area (Å²) in [6.07, 6.45) is 4.06. The minimum atomic E-state index is -2.29. The summed E-state index contributed by atoms with van der Waals surface area (Å²) in [6.45, 7) is 26.5. The Morgan fingerprint density at radius 3 is 1.84 bits per heavy atom. The van der Waals surface area contributed by atoms with E-state index in [0.29, 0.717) is 0 Å². The zero-order chi connectivity index (χ0) is 19.5. The molecule has 25 heavy (non-hydrogen) atoms. The van der Waals surface area contributed by atoms with E-state index in [9.17, 15) is 0 Å². The van der Waals surface area contributed by atoms with Gasteiger partial charge < -0.3 is 8.23 Å². The maximum absolute atomic E-state index is 6.80. The van der Waals surface area contributed by atoms with Crippen LogP contribution in [0.15, 0.2) is 24.6 Å². The van der Waals surface area contributed by atoms with Crippen molar-refractivity contribution in [1.82, 2.24) is 0 Å². The molecule has 0 aliphatic heterocycles. The highest BCUT2D eigenvalue weighted by Gasteiger charge is 2.45. The van der Waals surface area contributed by atoms with E-state index in [-0.39, 0.29) is 0 Å². The van der Waals surface area contributed by atoms with Gasteiger partial charge in [0.15, 0.2) is 16.6 Å². The van der Waals surface area contributed by atoms with Crippen molar-refractivity contribution in [2.75, 3.05) is 0 Å². The summed E-state index contributed by atoms with van der Waals surface area (Å²) in [5.74, 6) is 3.10. The second kappa shape index (κ2) is 8.83. The third-order valence-corrected chi connectivity index (χ3v) is 16.6. The Morgan fingerprint density at radius 1 is 0.960 bits per heavy atom. The van der Waals surface area contributed by atoms with Gasteiger partial charge in [-0.1, -0.05) is 38.6 Å². The molecule has 1 rings (SSSR count). The summed E-state index contributed by atoms with van der Waals surface area (Å²) in [6, 6.07) is 1.12. The molecule has 5 heteroatoms. The van der Waals surface area contributed by atoms with Crippen LogP contribution in [0.5, 0.6) is 0 Å². The first-order valence-corrected chi connectivity index (χ1v) is 18.5. The largest absolute Gasteiger partial charge is 0.433 e. The van der Waals surface area contributed by atoms with E-state index in [1.807, 2.05) is 11.4 Å². The average molecular weight is 399 g/mol. The molecule has 0 saturated heterocycles. The van der Waals surface area contributed by atoms with Crippen LogP contribution in [0.25, 0.3) is 0 Å². The van der Waals surface area contributed by atoms with Crippen LogP contribution in [-0.4, -0.2) is 25.2 Å². The van der Waals surface area contributed by atoms with Gasteiger partial charge in [0.25, 0.3) is 0 Å². The van der Waals surface area contributed by atoms with Gasteiger partial charge in [-0.25, -0.2) is 0 Å². The van der Waals surface area contributed by atoms with E-state index in [2.05, 4.69) is 66.7 Å². The van der Waals surface area contributed by atoms with E-state index in [4.69, 9.17) is 8.23 Å². The van der Waals surface area contributed by atoms with Gasteiger partial charge in [-0.05, 0) is 75.3 Å². The molecule has 1 aliphatic carbocycles. The summed E-state index contributed by atoms with van der Waals surface area (Å²) in [5, 5.41) is 0. The van der Waals surface area contributed by atoms with Gasteiger partial charge in [0.05, 0.1) is 0 Å². The zero-order valence-corrected chi connectivity index (χ0v) is 21.0. The van der Waals surface area contributed by atoms with Crippen LogP contribution in [-0.2, 0) is 8.23 Å². The molecule has 0 spiro atoms.